The Hall–Kier alpha value is 0.410. The van der Waals surface area contributed by atoms with Crippen LogP contribution >= 0.6 is 52.0 Å². The molecular formula is C13H17Cl2N2O2PS3. The second-order valence-corrected chi connectivity index (χ2v) is 11.9. The van der Waals surface area contributed by atoms with Gasteiger partial charge in [-0.3, -0.25) is 0 Å². The van der Waals surface area contributed by atoms with Gasteiger partial charge in [0.2, 0.25) is 0 Å². The Labute approximate surface area is 160 Å². The summed E-state index contributed by atoms with van der Waals surface area (Å²) in [5.41, 5.74) is -1.70. The summed E-state index contributed by atoms with van der Waals surface area (Å²) in [6.45, 7) is 4.76. The van der Waals surface area contributed by atoms with E-state index in [1.807, 2.05) is 20.1 Å². The highest BCUT2D eigenvalue weighted by atomic mass is 35.5. The second kappa shape index (κ2) is 11.1. The summed E-state index contributed by atoms with van der Waals surface area (Å²) in [6, 6.07) is 5.18. The fourth-order valence-corrected chi connectivity index (χ4v) is 8.19. The van der Waals surface area contributed by atoms with Gasteiger partial charge < -0.3 is 9.05 Å². The van der Waals surface area contributed by atoms with Crippen LogP contribution < -0.4 is 0 Å². The monoisotopic (exact) mass is 430 g/mol. The van der Waals surface area contributed by atoms with Crippen molar-refractivity contribution in [1.82, 2.24) is 0 Å². The van der Waals surface area contributed by atoms with Crippen LogP contribution in [0, 0.1) is 0 Å². The molecule has 1 rings (SSSR count). The van der Waals surface area contributed by atoms with E-state index < -0.39 is 5.69 Å². The lowest BCUT2D eigenvalue weighted by Crippen LogP contribution is -1.95. The van der Waals surface area contributed by atoms with Gasteiger partial charge in [0.05, 0.1) is 24.5 Å². The third-order valence-electron chi connectivity index (χ3n) is 2.24. The van der Waals surface area contributed by atoms with Crippen molar-refractivity contribution in [1.29, 1.82) is 0 Å². The molecule has 0 atom stereocenters. The summed E-state index contributed by atoms with van der Waals surface area (Å²) < 4.78 is 11.8. The third-order valence-corrected chi connectivity index (χ3v) is 9.09. The van der Waals surface area contributed by atoms with E-state index in [1.165, 1.54) is 23.1 Å². The van der Waals surface area contributed by atoms with Gasteiger partial charge in [-0.05, 0) is 55.4 Å². The summed E-state index contributed by atoms with van der Waals surface area (Å²) in [7, 11) is 0. The smallest absolute Gasteiger partial charge is 0.254 e. The highest BCUT2D eigenvalue weighted by molar-refractivity contribution is 8.78. The first-order valence-corrected chi connectivity index (χ1v) is 12.7. The first-order chi connectivity index (χ1) is 10.9. The zero-order valence-electron chi connectivity index (χ0n) is 12.9. The predicted molar refractivity (Wildman–Crippen MR) is 110 cm³/mol. The molecule has 0 spiro atoms. The van der Waals surface area contributed by atoms with Gasteiger partial charge in [-0.2, -0.15) is 5.10 Å². The maximum Gasteiger partial charge on any atom is 0.254 e. The Morgan fingerprint density at radius 1 is 1.30 bits per heavy atom. The van der Waals surface area contributed by atoms with Crippen LogP contribution in [0.5, 0.6) is 0 Å². The van der Waals surface area contributed by atoms with E-state index in [0.717, 1.165) is 5.56 Å². The zero-order valence-corrected chi connectivity index (χ0v) is 17.7. The SMILES string of the molecule is CCOP(=S)(OCC)S/C(=N\N=C\c1ccc(Cl)cc1Cl)SC. The van der Waals surface area contributed by atoms with Crippen LogP contribution in [0.25, 0.3) is 0 Å². The van der Waals surface area contributed by atoms with Gasteiger partial charge in [-0.15, -0.1) is 16.9 Å². The van der Waals surface area contributed by atoms with Gasteiger partial charge in [0.1, 0.15) is 0 Å². The van der Waals surface area contributed by atoms with Crippen LogP contribution in [0.1, 0.15) is 19.4 Å². The maximum absolute atomic E-state index is 6.08. The Balaban J connectivity index is 2.85. The first-order valence-electron chi connectivity index (χ1n) is 6.62. The Bertz CT molecular complexity index is 619. The van der Waals surface area contributed by atoms with Gasteiger partial charge in [0.25, 0.3) is 5.69 Å². The molecule has 0 aliphatic rings. The Morgan fingerprint density at radius 3 is 2.48 bits per heavy atom. The van der Waals surface area contributed by atoms with Crippen LogP contribution in [0.15, 0.2) is 28.4 Å². The Morgan fingerprint density at radius 2 is 1.96 bits per heavy atom. The van der Waals surface area contributed by atoms with Crippen molar-refractivity contribution >= 4 is 74.4 Å². The lowest BCUT2D eigenvalue weighted by atomic mass is 10.2. The summed E-state index contributed by atoms with van der Waals surface area (Å²) in [5, 5.41) is 9.33. The number of hydrogen-bond donors (Lipinski definition) is 0. The molecule has 23 heavy (non-hydrogen) atoms. The first kappa shape index (κ1) is 21.5. The molecule has 1 aromatic carbocycles. The molecule has 10 heteroatoms. The van der Waals surface area contributed by atoms with Crippen molar-refractivity contribution < 1.29 is 9.05 Å². The highest BCUT2D eigenvalue weighted by Gasteiger charge is 2.22. The minimum absolute atomic E-state index is 0.496. The summed E-state index contributed by atoms with van der Waals surface area (Å²) >= 11 is 20.2. The largest absolute Gasteiger partial charge is 0.322 e. The van der Waals surface area contributed by atoms with Crippen molar-refractivity contribution in [2.75, 3.05) is 19.5 Å². The highest BCUT2D eigenvalue weighted by Crippen LogP contribution is 2.62. The topological polar surface area (TPSA) is 43.2 Å². The summed E-state index contributed by atoms with van der Waals surface area (Å²) in [4.78, 5) is 0. The Kier molecular flexibility index (Phi) is 10.4. The van der Waals surface area contributed by atoms with E-state index in [-0.39, 0.29) is 0 Å². The van der Waals surface area contributed by atoms with E-state index in [4.69, 9.17) is 44.1 Å². The van der Waals surface area contributed by atoms with Gasteiger partial charge in [-0.25, -0.2) is 0 Å². The summed E-state index contributed by atoms with van der Waals surface area (Å²) in [5.74, 6) is 0. The summed E-state index contributed by atoms with van der Waals surface area (Å²) in [6.07, 6.45) is 3.47. The minimum Gasteiger partial charge on any atom is -0.322 e. The molecule has 0 amide bonds. The minimum atomic E-state index is -2.44. The lowest BCUT2D eigenvalue weighted by Gasteiger charge is -2.19. The average Bonchev–Trinajstić information content (AvgIpc) is 2.48. The molecule has 128 valence electrons. The second-order valence-electron chi connectivity index (χ2n) is 3.85. The van der Waals surface area contributed by atoms with Crippen LogP contribution in [-0.4, -0.2) is 30.1 Å². The molecule has 0 saturated heterocycles. The molecule has 0 heterocycles. The van der Waals surface area contributed by atoms with Crippen molar-refractivity contribution in [2.45, 2.75) is 13.8 Å². The molecule has 0 fully saturated rings. The van der Waals surface area contributed by atoms with Crippen LogP contribution in [-0.2, 0) is 20.9 Å². The fraction of sp³-hybridized carbons (Fsp3) is 0.385. The molecule has 0 radical (unpaired) electrons. The van der Waals surface area contributed by atoms with E-state index in [0.29, 0.717) is 27.6 Å². The lowest BCUT2D eigenvalue weighted by molar-refractivity contribution is 0.281. The van der Waals surface area contributed by atoms with E-state index >= 15 is 0 Å². The van der Waals surface area contributed by atoms with E-state index in [2.05, 4.69) is 10.2 Å². The number of rotatable bonds is 7. The molecule has 0 saturated carbocycles. The molecule has 0 aliphatic heterocycles. The van der Waals surface area contributed by atoms with Crippen molar-refractivity contribution in [2.24, 2.45) is 10.2 Å². The van der Waals surface area contributed by atoms with Crippen molar-refractivity contribution in [3.63, 3.8) is 0 Å². The number of thioether (sulfide) groups is 1. The molecular weight excluding hydrogens is 414 g/mol. The molecule has 0 aliphatic carbocycles. The predicted octanol–water partition coefficient (Wildman–Crippen LogP) is 6.08. The molecule has 0 unspecified atom stereocenters. The standard InChI is InChI=1S/C13H17Cl2N2O2PS3/c1-4-18-20(21,19-5-2)23-13(22-3)17-16-9-10-6-7-11(14)8-12(10)15/h6-9H,4-5H2,1-3H3/b16-9+,17-13-. The number of hydrogen-bond acceptors (Lipinski definition) is 7. The normalized spacial score (nSPS) is 13.0. The van der Waals surface area contributed by atoms with Gasteiger partial charge in [0, 0.05) is 10.6 Å². The number of benzene rings is 1. The van der Waals surface area contributed by atoms with Gasteiger partial charge >= 0.3 is 0 Å². The number of nitrogens with zero attached hydrogens (tertiary/aromatic N) is 2. The average molecular weight is 431 g/mol. The quantitative estimate of drug-likeness (QED) is 0.227. The van der Waals surface area contributed by atoms with Crippen LogP contribution in [0.2, 0.25) is 10.0 Å². The van der Waals surface area contributed by atoms with E-state index in [9.17, 15) is 0 Å². The molecule has 4 nitrogen and oxygen atoms in total. The van der Waals surface area contributed by atoms with Gasteiger partial charge in [0.15, 0.2) is 4.38 Å². The van der Waals surface area contributed by atoms with Gasteiger partial charge in [-0.1, -0.05) is 29.3 Å². The number of halogens is 2. The fourth-order valence-electron chi connectivity index (χ4n) is 1.34. The van der Waals surface area contributed by atoms with Crippen molar-refractivity contribution in [3.05, 3.63) is 33.8 Å². The van der Waals surface area contributed by atoms with Crippen molar-refractivity contribution in [3.8, 4) is 0 Å². The molecule has 0 bridgehead atoms. The van der Waals surface area contributed by atoms with Crippen LogP contribution in [0.3, 0.4) is 0 Å². The van der Waals surface area contributed by atoms with E-state index in [1.54, 1.807) is 24.4 Å². The maximum atomic E-state index is 6.08. The zero-order chi connectivity index (χ0) is 17.3. The molecule has 1 aromatic rings. The van der Waals surface area contributed by atoms with Crippen LogP contribution in [0.4, 0.5) is 0 Å². The molecule has 0 N–H and O–H groups in total. The third kappa shape index (κ3) is 7.88. The molecule has 0 aromatic heterocycles.